The van der Waals surface area contributed by atoms with Gasteiger partial charge in [0, 0.05) is 24.5 Å². The van der Waals surface area contributed by atoms with Crippen LogP contribution in [0.3, 0.4) is 0 Å². The van der Waals surface area contributed by atoms with E-state index in [2.05, 4.69) is 63.3 Å². The molecule has 1 fully saturated rings. The summed E-state index contributed by atoms with van der Waals surface area (Å²) in [5, 5.41) is 3.66. The van der Waals surface area contributed by atoms with Gasteiger partial charge in [-0.05, 0) is 16.3 Å². The van der Waals surface area contributed by atoms with Crippen molar-refractivity contribution < 1.29 is 4.74 Å². The highest BCUT2D eigenvalue weighted by molar-refractivity contribution is 9.09. The second-order valence-corrected chi connectivity index (χ2v) is 5.64. The molecular weight excluding hydrogens is 302 g/mol. The zero-order valence-corrected chi connectivity index (χ0v) is 12.5. The Kier molecular flexibility index (Phi) is 4.16. The zero-order valence-electron chi connectivity index (χ0n) is 10.9. The molecule has 0 spiro atoms. The van der Waals surface area contributed by atoms with E-state index in [9.17, 15) is 0 Å². The standard InChI is InChI=1S/C16H18BrNO/c17-10-15-12-19-9-8-18(15)11-14-6-3-5-13-4-1-2-7-16(13)14/h1-7,15H,8-12H2. The Labute approximate surface area is 122 Å². The Morgan fingerprint density at radius 2 is 2.00 bits per heavy atom. The molecule has 2 nitrogen and oxygen atoms in total. The van der Waals surface area contributed by atoms with Crippen molar-refractivity contribution in [1.82, 2.24) is 4.90 Å². The van der Waals surface area contributed by atoms with Crippen molar-refractivity contribution in [2.24, 2.45) is 0 Å². The predicted molar refractivity (Wildman–Crippen MR) is 82.8 cm³/mol. The van der Waals surface area contributed by atoms with E-state index in [0.29, 0.717) is 6.04 Å². The molecular formula is C16H18BrNO. The maximum atomic E-state index is 5.56. The quantitative estimate of drug-likeness (QED) is 0.804. The van der Waals surface area contributed by atoms with Gasteiger partial charge in [0.25, 0.3) is 0 Å². The fourth-order valence-electron chi connectivity index (χ4n) is 2.69. The van der Waals surface area contributed by atoms with Gasteiger partial charge in [-0.3, -0.25) is 4.90 Å². The number of alkyl halides is 1. The van der Waals surface area contributed by atoms with E-state index in [1.165, 1.54) is 16.3 Å². The van der Waals surface area contributed by atoms with Crippen molar-refractivity contribution in [3.8, 4) is 0 Å². The molecule has 100 valence electrons. The van der Waals surface area contributed by atoms with Crippen molar-refractivity contribution in [1.29, 1.82) is 0 Å². The molecule has 1 saturated heterocycles. The molecule has 1 unspecified atom stereocenters. The molecule has 0 amide bonds. The summed E-state index contributed by atoms with van der Waals surface area (Å²) >= 11 is 3.59. The zero-order chi connectivity index (χ0) is 13.1. The van der Waals surface area contributed by atoms with Crippen LogP contribution in [0.15, 0.2) is 42.5 Å². The van der Waals surface area contributed by atoms with E-state index >= 15 is 0 Å². The lowest BCUT2D eigenvalue weighted by molar-refractivity contribution is -0.00194. The molecule has 0 N–H and O–H groups in total. The molecule has 0 saturated carbocycles. The first-order valence-electron chi connectivity index (χ1n) is 6.73. The lowest BCUT2D eigenvalue weighted by Crippen LogP contribution is -2.45. The number of ether oxygens (including phenoxy) is 1. The SMILES string of the molecule is BrCC1COCCN1Cc1cccc2ccccc12. The minimum Gasteiger partial charge on any atom is -0.378 e. The first-order valence-corrected chi connectivity index (χ1v) is 7.85. The van der Waals surface area contributed by atoms with Gasteiger partial charge in [-0.25, -0.2) is 0 Å². The van der Waals surface area contributed by atoms with Crippen molar-refractivity contribution >= 4 is 26.7 Å². The van der Waals surface area contributed by atoms with Crippen LogP contribution in [0.2, 0.25) is 0 Å². The van der Waals surface area contributed by atoms with E-state index in [1.54, 1.807) is 0 Å². The van der Waals surface area contributed by atoms with Crippen LogP contribution in [0.5, 0.6) is 0 Å². The molecule has 2 aromatic carbocycles. The van der Waals surface area contributed by atoms with Crippen LogP contribution in [0.25, 0.3) is 10.8 Å². The summed E-state index contributed by atoms with van der Waals surface area (Å²) in [7, 11) is 0. The number of halogens is 1. The monoisotopic (exact) mass is 319 g/mol. The van der Waals surface area contributed by atoms with E-state index < -0.39 is 0 Å². The Hall–Kier alpha value is -0.900. The van der Waals surface area contributed by atoms with Gasteiger partial charge in [-0.15, -0.1) is 0 Å². The molecule has 2 aromatic rings. The summed E-state index contributed by atoms with van der Waals surface area (Å²) in [5.41, 5.74) is 1.41. The number of morpholine rings is 1. The second kappa shape index (κ2) is 6.04. The van der Waals surface area contributed by atoms with Gasteiger partial charge in [-0.1, -0.05) is 58.4 Å². The molecule has 1 aliphatic heterocycles. The molecule has 1 heterocycles. The van der Waals surface area contributed by atoms with E-state index in [1.807, 2.05) is 0 Å². The number of fused-ring (bicyclic) bond motifs is 1. The van der Waals surface area contributed by atoms with Crippen molar-refractivity contribution in [2.45, 2.75) is 12.6 Å². The first-order chi connectivity index (χ1) is 9.38. The van der Waals surface area contributed by atoms with Gasteiger partial charge in [0.2, 0.25) is 0 Å². The highest BCUT2D eigenvalue weighted by Crippen LogP contribution is 2.22. The van der Waals surface area contributed by atoms with E-state index in [0.717, 1.165) is 31.6 Å². The van der Waals surface area contributed by atoms with Gasteiger partial charge in [0.1, 0.15) is 0 Å². The van der Waals surface area contributed by atoms with E-state index in [-0.39, 0.29) is 0 Å². The normalized spacial score (nSPS) is 20.8. The van der Waals surface area contributed by atoms with Crippen molar-refractivity contribution in [2.75, 3.05) is 25.1 Å². The Bertz CT molecular complexity index is 552. The third-order valence-corrected chi connectivity index (χ3v) is 4.53. The minimum absolute atomic E-state index is 0.479. The Morgan fingerprint density at radius 1 is 1.16 bits per heavy atom. The summed E-state index contributed by atoms with van der Waals surface area (Å²) in [6.45, 7) is 3.69. The lowest BCUT2D eigenvalue weighted by atomic mass is 10.0. The van der Waals surface area contributed by atoms with Crippen LogP contribution >= 0.6 is 15.9 Å². The molecule has 0 bridgehead atoms. The highest BCUT2D eigenvalue weighted by atomic mass is 79.9. The van der Waals surface area contributed by atoms with Gasteiger partial charge in [0.05, 0.1) is 13.2 Å². The molecule has 0 radical (unpaired) electrons. The van der Waals surface area contributed by atoms with Crippen molar-refractivity contribution in [3.05, 3.63) is 48.0 Å². The number of hydrogen-bond donors (Lipinski definition) is 0. The fraction of sp³-hybridized carbons (Fsp3) is 0.375. The number of nitrogens with zero attached hydrogens (tertiary/aromatic N) is 1. The molecule has 19 heavy (non-hydrogen) atoms. The van der Waals surface area contributed by atoms with Gasteiger partial charge in [0.15, 0.2) is 0 Å². The molecule has 0 aliphatic carbocycles. The topological polar surface area (TPSA) is 12.5 Å². The smallest absolute Gasteiger partial charge is 0.0630 e. The second-order valence-electron chi connectivity index (χ2n) is 4.99. The molecule has 3 rings (SSSR count). The lowest BCUT2D eigenvalue weighted by Gasteiger charge is -2.34. The summed E-state index contributed by atoms with van der Waals surface area (Å²) in [4.78, 5) is 2.51. The van der Waals surface area contributed by atoms with Crippen LogP contribution in [-0.4, -0.2) is 36.0 Å². The number of hydrogen-bond acceptors (Lipinski definition) is 2. The van der Waals surface area contributed by atoms with Crippen LogP contribution in [0.4, 0.5) is 0 Å². The van der Waals surface area contributed by atoms with Crippen LogP contribution in [0.1, 0.15) is 5.56 Å². The third kappa shape index (κ3) is 2.83. The average molecular weight is 320 g/mol. The molecule has 3 heteroatoms. The fourth-order valence-corrected chi connectivity index (χ4v) is 3.29. The summed E-state index contributed by atoms with van der Waals surface area (Å²) in [5.74, 6) is 0. The number of benzene rings is 2. The predicted octanol–water partition coefficient (Wildman–Crippen LogP) is 3.44. The third-order valence-electron chi connectivity index (χ3n) is 3.78. The average Bonchev–Trinajstić information content (AvgIpc) is 2.48. The van der Waals surface area contributed by atoms with E-state index in [4.69, 9.17) is 4.74 Å². The van der Waals surface area contributed by atoms with Crippen LogP contribution in [0, 0.1) is 0 Å². The Balaban J connectivity index is 1.88. The molecule has 1 aliphatic rings. The molecule has 0 aromatic heterocycles. The summed E-state index contributed by atoms with van der Waals surface area (Å²) in [6, 6.07) is 15.7. The van der Waals surface area contributed by atoms with Crippen molar-refractivity contribution in [3.63, 3.8) is 0 Å². The maximum absolute atomic E-state index is 5.56. The highest BCUT2D eigenvalue weighted by Gasteiger charge is 2.22. The van der Waals surface area contributed by atoms with Gasteiger partial charge in [-0.2, -0.15) is 0 Å². The van der Waals surface area contributed by atoms with Crippen LogP contribution < -0.4 is 0 Å². The Morgan fingerprint density at radius 3 is 2.89 bits per heavy atom. The van der Waals surface area contributed by atoms with Crippen LogP contribution in [-0.2, 0) is 11.3 Å². The number of rotatable bonds is 3. The largest absolute Gasteiger partial charge is 0.378 e. The maximum Gasteiger partial charge on any atom is 0.0630 e. The van der Waals surface area contributed by atoms with Gasteiger partial charge < -0.3 is 4.74 Å². The summed E-state index contributed by atoms with van der Waals surface area (Å²) in [6.07, 6.45) is 0. The minimum atomic E-state index is 0.479. The van der Waals surface area contributed by atoms with Gasteiger partial charge >= 0.3 is 0 Å². The summed E-state index contributed by atoms with van der Waals surface area (Å²) < 4.78 is 5.56. The molecule has 1 atom stereocenters. The first kappa shape index (κ1) is 13.1.